The molecule has 0 spiro atoms. The molecular weight excluding hydrogens is 348 g/mol. The smallest absolute Gasteiger partial charge is 0.247 e. The van der Waals surface area contributed by atoms with Gasteiger partial charge in [0.05, 0.1) is 26.1 Å². The predicted molar refractivity (Wildman–Crippen MR) is 99.6 cm³/mol. The highest BCUT2D eigenvalue weighted by Gasteiger charge is 2.50. The van der Waals surface area contributed by atoms with Crippen molar-refractivity contribution in [2.24, 2.45) is 11.8 Å². The first-order chi connectivity index (χ1) is 12.9. The molecule has 1 heterocycles. The van der Waals surface area contributed by atoms with E-state index in [4.69, 9.17) is 9.47 Å². The van der Waals surface area contributed by atoms with E-state index in [1.54, 1.807) is 19.1 Å². The molecule has 0 radical (unpaired) electrons. The number of ether oxygens (including phenoxy) is 2. The number of allylic oxidation sites excluding steroid dienone is 2. The molecule has 27 heavy (non-hydrogen) atoms. The minimum absolute atomic E-state index is 0.263. The number of rotatable bonds is 5. The minimum atomic E-state index is -0.886. The molecule has 1 aliphatic heterocycles. The fourth-order valence-electron chi connectivity index (χ4n) is 3.68. The maximum atomic E-state index is 12.8. The Morgan fingerprint density at radius 3 is 2.11 bits per heavy atom. The molecule has 7 nitrogen and oxygen atoms in total. The van der Waals surface area contributed by atoms with Gasteiger partial charge in [-0.1, -0.05) is 12.2 Å². The van der Waals surface area contributed by atoms with E-state index in [0.29, 0.717) is 30.0 Å². The molecule has 3 amide bonds. The van der Waals surface area contributed by atoms with Crippen LogP contribution in [0.4, 0.5) is 5.69 Å². The first-order valence-corrected chi connectivity index (χ1v) is 8.94. The number of likely N-dealkylation sites (tertiary alicyclic amines) is 1. The molecule has 1 saturated heterocycles. The molecule has 1 aromatic carbocycles. The number of nitrogens with one attached hydrogen (secondary N) is 1. The summed E-state index contributed by atoms with van der Waals surface area (Å²) in [6.07, 6.45) is 4.95. The molecule has 3 rings (SSSR count). The van der Waals surface area contributed by atoms with Crippen LogP contribution < -0.4 is 14.8 Å². The Hall–Kier alpha value is -2.83. The number of amides is 3. The van der Waals surface area contributed by atoms with Gasteiger partial charge < -0.3 is 14.8 Å². The fraction of sp³-hybridized carbons (Fsp3) is 0.450. The monoisotopic (exact) mass is 372 g/mol. The van der Waals surface area contributed by atoms with Crippen molar-refractivity contribution in [1.29, 1.82) is 0 Å². The van der Waals surface area contributed by atoms with E-state index in [2.05, 4.69) is 5.32 Å². The number of anilines is 1. The number of nitrogens with zero attached hydrogens (tertiary/aromatic N) is 1. The highest BCUT2D eigenvalue weighted by Crippen LogP contribution is 2.37. The molecule has 1 aromatic rings. The van der Waals surface area contributed by atoms with Gasteiger partial charge in [-0.25, -0.2) is 0 Å². The van der Waals surface area contributed by atoms with Gasteiger partial charge in [0.1, 0.15) is 6.04 Å². The van der Waals surface area contributed by atoms with Gasteiger partial charge in [-0.05, 0) is 38.3 Å². The molecule has 0 saturated carbocycles. The van der Waals surface area contributed by atoms with Crippen molar-refractivity contribution in [2.45, 2.75) is 32.7 Å². The van der Waals surface area contributed by atoms with Crippen LogP contribution in [0, 0.1) is 18.8 Å². The maximum absolute atomic E-state index is 12.8. The lowest BCUT2D eigenvalue weighted by atomic mass is 9.85. The Bertz CT molecular complexity index is 791. The standard InChI is InChI=1S/C20H24N2O5/c1-11-9-16(26-3)17(27-4)10-15(11)21-18(23)12(2)22-19(24)13-7-5-6-8-14(13)20(22)25/h5-6,9-10,12-14H,7-8H2,1-4H3,(H,21,23)/t12-,13+,14+/m0/s1. The molecular formula is C20H24N2O5. The molecule has 0 unspecified atom stereocenters. The maximum Gasteiger partial charge on any atom is 0.247 e. The summed E-state index contributed by atoms with van der Waals surface area (Å²) in [7, 11) is 3.05. The number of carbonyl (C=O) groups excluding carboxylic acids is 3. The lowest BCUT2D eigenvalue weighted by molar-refractivity contribution is -0.146. The van der Waals surface area contributed by atoms with Crippen molar-refractivity contribution in [1.82, 2.24) is 4.90 Å². The molecule has 1 N–H and O–H groups in total. The fourth-order valence-corrected chi connectivity index (χ4v) is 3.68. The van der Waals surface area contributed by atoms with E-state index in [1.165, 1.54) is 14.2 Å². The van der Waals surface area contributed by atoms with Gasteiger partial charge in [-0.15, -0.1) is 0 Å². The highest BCUT2D eigenvalue weighted by molar-refractivity contribution is 6.10. The van der Waals surface area contributed by atoms with E-state index in [1.807, 2.05) is 19.1 Å². The molecule has 1 fully saturated rings. The zero-order valence-corrected chi connectivity index (χ0v) is 15.9. The van der Waals surface area contributed by atoms with Crippen LogP contribution in [0.15, 0.2) is 24.3 Å². The first-order valence-electron chi connectivity index (χ1n) is 8.94. The topological polar surface area (TPSA) is 84.9 Å². The van der Waals surface area contributed by atoms with Gasteiger partial charge in [-0.2, -0.15) is 0 Å². The summed E-state index contributed by atoms with van der Waals surface area (Å²) < 4.78 is 10.5. The lowest BCUT2D eigenvalue weighted by Gasteiger charge is -2.23. The van der Waals surface area contributed by atoms with Gasteiger partial charge in [-0.3, -0.25) is 19.3 Å². The van der Waals surface area contributed by atoms with Crippen LogP contribution in [0.1, 0.15) is 25.3 Å². The van der Waals surface area contributed by atoms with Crippen molar-refractivity contribution < 1.29 is 23.9 Å². The average Bonchev–Trinajstić information content (AvgIpc) is 2.93. The van der Waals surface area contributed by atoms with Crippen LogP contribution in [-0.4, -0.2) is 42.9 Å². The highest BCUT2D eigenvalue weighted by atomic mass is 16.5. The van der Waals surface area contributed by atoms with Crippen molar-refractivity contribution in [3.8, 4) is 11.5 Å². The number of methoxy groups -OCH3 is 2. The lowest BCUT2D eigenvalue weighted by Crippen LogP contribution is -2.46. The summed E-state index contributed by atoms with van der Waals surface area (Å²) >= 11 is 0. The van der Waals surface area contributed by atoms with Gasteiger partial charge in [0.2, 0.25) is 17.7 Å². The van der Waals surface area contributed by atoms with Crippen LogP contribution in [0.5, 0.6) is 11.5 Å². The molecule has 7 heteroatoms. The number of aryl methyl sites for hydroxylation is 1. The zero-order valence-electron chi connectivity index (χ0n) is 15.9. The van der Waals surface area contributed by atoms with E-state index < -0.39 is 11.9 Å². The van der Waals surface area contributed by atoms with Crippen LogP contribution in [0.25, 0.3) is 0 Å². The Morgan fingerprint density at radius 1 is 1.07 bits per heavy atom. The largest absolute Gasteiger partial charge is 0.493 e. The van der Waals surface area contributed by atoms with Gasteiger partial charge in [0.15, 0.2) is 11.5 Å². The Labute approximate surface area is 158 Å². The second-order valence-electron chi connectivity index (χ2n) is 6.89. The van der Waals surface area contributed by atoms with Crippen molar-refractivity contribution in [3.05, 3.63) is 29.8 Å². The molecule has 0 aromatic heterocycles. The Morgan fingerprint density at radius 2 is 1.59 bits per heavy atom. The van der Waals surface area contributed by atoms with Gasteiger partial charge in [0, 0.05) is 11.8 Å². The third-order valence-electron chi connectivity index (χ3n) is 5.30. The normalized spacial score (nSPS) is 22.4. The summed E-state index contributed by atoms with van der Waals surface area (Å²) in [5.41, 5.74) is 1.33. The summed E-state index contributed by atoms with van der Waals surface area (Å²) in [4.78, 5) is 39.2. The molecule has 3 atom stereocenters. The molecule has 0 bridgehead atoms. The van der Waals surface area contributed by atoms with E-state index in [0.717, 1.165) is 10.5 Å². The van der Waals surface area contributed by atoms with Crippen LogP contribution in [0.3, 0.4) is 0 Å². The SMILES string of the molecule is COc1cc(C)c(NC(=O)[C@H](C)N2C(=O)[C@@H]3CC=CC[C@H]3C2=O)cc1OC. The number of carbonyl (C=O) groups is 3. The summed E-state index contributed by atoms with van der Waals surface area (Å²) in [5, 5.41) is 2.80. The van der Waals surface area contributed by atoms with E-state index >= 15 is 0 Å². The summed E-state index contributed by atoms with van der Waals surface area (Å²) in [5.74, 6) is -0.596. The third kappa shape index (κ3) is 3.29. The number of benzene rings is 1. The second-order valence-corrected chi connectivity index (χ2v) is 6.89. The van der Waals surface area contributed by atoms with Crippen LogP contribution >= 0.6 is 0 Å². The number of imide groups is 1. The molecule has 1 aliphatic carbocycles. The van der Waals surface area contributed by atoms with E-state index in [9.17, 15) is 14.4 Å². The number of hydrogen-bond donors (Lipinski definition) is 1. The van der Waals surface area contributed by atoms with Gasteiger partial charge >= 0.3 is 0 Å². The van der Waals surface area contributed by atoms with Crippen molar-refractivity contribution in [3.63, 3.8) is 0 Å². The van der Waals surface area contributed by atoms with Gasteiger partial charge in [0.25, 0.3) is 0 Å². The van der Waals surface area contributed by atoms with Crippen molar-refractivity contribution >= 4 is 23.4 Å². The van der Waals surface area contributed by atoms with Crippen molar-refractivity contribution in [2.75, 3.05) is 19.5 Å². The number of fused-ring (bicyclic) bond motifs is 1. The third-order valence-corrected chi connectivity index (χ3v) is 5.30. The Kier molecular flexibility index (Phi) is 5.21. The van der Waals surface area contributed by atoms with Crippen LogP contribution in [0.2, 0.25) is 0 Å². The summed E-state index contributed by atoms with van der Waals surface area (Å²) in [6.45, 7) is 3.40. The zero-order chi connectivity index (χ0) is 19.7. The Balaban J connectivity index is 1.79. The van der Waals surface area contributed by atoms with E-state index in [-0.39, 0.29) is 23.7 Å². The second kappa shape index (κ2) is 7.42. The first kappa shape index (κ1) is 18.9. The average molecular weight is 372 g/mol. The summed E-state index contributed by atoms with van der Waals surface area (Å²) in [6, 6.07) is 2.53. The predicted octanol–water partition coefficient (Wildman–Crippen LogP) is 2.29. The minimum Gasteiger partial charge on any atom is -0.493 e. The quantitative estimate of drug-likeness (QED) is 0.633. The molecule has 2 aliphatic rings. The van der Waals surface area contributed by atoms with Crippen LogP contribution in [-0.2, 0) is 14.4 Å². The molecule has 144 valence electrons. The number of hydrogen-bond acceptors (Lipinski definition) is 5.